The van der Waals surface area contributed by atoms with Crippen LogP contribution in [0.15, 0.2) is 0 Å². The van der Waals surface area contributed by atoms with Crippen LogP contribution in [-0.2, 0) is 4.74 Å². The molecule has 0 aromatic rings. The lowest BCUT2D eigenvalue weighted by molar-refractivity contribution is 0.172. The lowest BCUT2D eigenvalue weighted by Crippen LogP contribution is -2.07. The number of rotatable bonds is 0. The fourth-order valence-corrected chi connectivity index (χ4v) is 1.01. The van der Waals surface area contributed by atoms with E-state index in [0.717, 1.165) is 12.2 Å². The van der Waals surface area contributed by atoms with E-state index in [-0.39, 0.29) is 5.30 Å². The van der Waals surface area contributed by atoms with Crippen molar-refractivity contribution < 1.29 is 9.53 Å². The zero-order valence-corrected chi connectivity index (χ0v) is 4.66. The average Bonchev–Trinajstić information content (AvgIpc) is 1.69. The minimum Gasteiger partial charge on any atom is -0.458 e. The molecular formula is C4H6O2S. The molecule has 0 saturated carbocycles. The van der Waals surface area contributed by atoms with Gasteiger partial charge in [-0.15, -0.1) is 0 Å². The average molecular weight is 118 g/mol. The van der Waals surface area contributed by atoms with Gasteiger partial charge in [0.2, 0.25) is 0 Å². The zero-order valence-electron chi connectivity index (χ0n) is 3.85. The van der Waals surface area contributed by atoms with E-state index in [9.17, 15) is 4.79 Å². The summed E-state index contributed by atoms with van der Waals surface area (Å²) in [6, 6.07) is 0. The lowest BCUT2D eigenvalue weighted by Gasteiger charge is -2.07. The third-order valence-corrected chi connectivity index (χ3v) is 1.57. The second-order valence-corrected chi connectivity index (χ2v) is 2.33. The van der Waals surface area contributed by atoms with Crippen molar-refractivity contribution in [3.05, 3.63) is 0 Å². The maximum absolute atomic E-state index is 10.2. The Balaban J connectivity index is 2.25. The quantitative estimate of drug-likeness (QED) is 0.448. The van der Waals surface area contributed by atoms with Gasteiger partial charge in [-0.1, -0.05) is 0 Å². The molecular weight excluding hydrogens is 112 g/mol. The van der Waals surface area contributed by atoms with Gasteiger partial charge < -0.3 is 4.74 Å². The molecule has 0 unspecified atom stereocenters. The Kier molecular flexibility index (Phi) is 1.57. The molecule has 1 aliphatic rings. The van der Waals surface area contributed by atoms with Crippen molar-refractivity contribution in [2.24, 2.45) is 0 Å². The van der Waals surface area contributed by atoms with E-state index in [1.807, 2.05) is 0 Å². The summed E-state index contributed by atoms with van der Waals surface area (Å²) in [7, 11) is 0. The number of thioether (sulfide) groups is 1. The smallest absolute Gasteiger partial charge is 0.367 e. The second kappa shape index (κ2) is 2.21. The first-order chi connectivity index (χ1) is 3.39. The highest BCUT2D eigenvalue weighted by atomic mass is 32.2. The lowest BCUT2D eigenvalue weighted by atomic mass is 10.5. The maximum Gasteiger partial charge on any atom is 0.367 e. The summed E-state index contributed by atoms with van der Waals surface area (Å²) in [5, 5.41) is -0.119. The molecule has 1 saturated heterocycles. The Bertz CT molecular complexity index is 73.8. The monoisotopic (exact) mass is 118 g/mol. The Hall–Kier alpha value is -0.180. The minimum atomic E-state index is -0.119. The van der Waals surface area contributed by atoms with Crippen molar-refractivity contribution in [1.82, 2.24) is 0 Å². The van der Waals surface area contributed by atoms with Crippen molar-refractivity contribution in [3.8, 4) is 0 Å². The topological polar surface area (TPSA) is 26.3 Å². The first-order valence-corrected chi connectivity index (χ1v) is 3.18. The minimum absolute atomic E-state index is 0.119. The van der Waals surface area contributed by atoms with Crippen LogP contribution in [0.2, 0.25) is 0 Å². The third-order valence-electron chi connectivity index (χ3n) is 0.729. The van der Waals surface area contributed by atoms with Crippen molar-refractivity contribution in [1.29, 1.82) is 0 Å². The van der Waals surface area contributed by atoms with Crippen LogP contribution in [0.3, 0.4) is 0 Å². The second-order valence-electron chi connectivity index (χ2n) is 1.30. The van der Waals surface area contributed by atoms with Gasteiger partial charge in [-0.2, -0.15) is 0 Å². The van der Waals surface area contributed by atoms with E-state index >= 15 is 0 Å². The van der Waals surface area contributed by atoms with Crippen LogP contribution >= 0.6 is 11.8 Å². The predicted octanol–water partition coefficient (Wildman–Crippen LogP) is 1.26. The summed E-state index contributed by atoms with van der Waals surface area (Å²) in [6.07, 6.45) is 1.01. The fourth-order valence-electron chi connectivity index (χ4n) is 0.412. The molecule has 7 heavy (non-hydrogen) atoms. The van der Waals surface area contributed by atoms with Crippen molar-refractivity contribution >= 4 is 17.1 Å². The van der Waals surface area contributed by atoms with E-state index in [4.69, 9.17) is 0 Å². The molecule has 3 heteroatoms. The van der Waals surface area contributed by atoms with Gasteiger partial charge in [0.1, 0.15) is 0 Å². The van der Waals surface area contributed by atoms with Gasteiger partial charge in [-0.3, -0.25) is 0 Å². The van der Waals surface area contributed by atoms with Crippen LogP contribution in [0, 0.1) is 0 Å². The number of hydrogen-bond donors (Lipinski definition) is 0. The summed E-state index contributed by atoms with van der Waals surface area (Å²) in [5.74, 6) is 0.929. The number of ether oxygens (including phenoxy) is 1. The first kappa shape index (κ1) is 4.97. The normalized spacial score (nSPS) is 21.4. The van der Waals surface area contributed by atoms with E-state index < -0.39 is 0 Å². The predicted molar refractivity (Wildman–Crippen MR) is 28.4 cm³/mol. The van der Waals surface area contributed by atoms with Crippen LogP contribution in [0.1, 0.15) is 6.42 Å². The van der Waals surface area contributed by atoms with Crippen molar-refractivity contribution in [2.45, 2.75) is 6.42 Å². The fraction of sp³-hybridized carbons (Fsp3) is 0.750. The van der Waals surface area contributed by atoms with Crippen LogP contribution in [0.4, 0.5) is 4.79 Å². The molecule has 1 aliphatic heterocycles. The van der Waals surface area contributed by atoms with E-state index in [1.54, 1.807) is 0 Å². The summed E-state index contributed by atoms with van der Waals surface area (Å²) < 4.78 is 4.60. The summed E-state index contributed by atoms with van der Waals surface area (Å²) in [6.45, 7) is 0.617. The van der Waals surface area contributed by atoms with E-state index in [1.165, 1.54) is 11.8 Å². The van der Waals surface area contributed by atoms with Gasteiger partial charge in [0.05, 0.1) is 6.61 Å². The Morgan fingerprint density at radius 3 is 2.86 bits per heavy atom. The highest BCUT2D eigenvalue weighted by Gasteiger charge is 2.07. The molecule has 0 aliphatic carbocycles. The SMILES string of the molecule is O=C1OCCCS1. The summed E-state index contributed by atoms with van der Waals surface area (Å²) in [5.41, 5.74) is 0. The van der Waals surface area contributed by atoms with Gasteiger partial charge in [0, 0.05) is 5.75 Å². The molecule has 0 spiro atoms. The van der Waals surface area contributed by atoms with E-state index in [0.29, 0.717) is 6.61 Å². The highest BCUT2D eigenvalue weighted by molar-refractivity contribution is 8.13. The van der Waals surface area contributed by atoms with Gasteiger partial charge in [0.15, 0.2) is 0 Å². The Morgan fingerprint density at radius 2 is 2.57 bits per heavy atom. The molecule has 40 valence electrons. The van der Waals surface area contributed by atoms with Crippen LogP contribution < -0.4 is 0 Å². The number of carbonyl (C=O) groups is 1. The first-order valence-electron chi connectivity index (χ1n) is 2.19. The molecule has 0 atom stereocenters. The highest BCUT2D eigenvalue weighted by Crippen LogP contribution is 2.12. The largest absolute Gasteiger partial charge is 0.458 e. The van der Waals surface area contributed by atoms with Crippen LogP contribution in [0.5, 0.6) is 0 Å². The Labute approximate surface area is 46.2 Å². The molecule has 0 N–H and O–H groups in total. The molecule has 0 bridgehead atoms. The Morgan fingerprint density at radius 1 is 1.71 bits per heavy atom. The molecule has 0 aromatic carbocycles. The molecule has 1 rings (SSSR count). The summed E-state index contributed by atoms with van der Waals surface area (Å²) >= 11 is 1.26. The van der Waals surface area contributed by atoms with Crippen LogP contribution in [0.25, 0.3) is 0 Å². The molecule has 0 aromatic heterocycles. The molecule has 1 fully saturated rings. The standard InChI is InChI=1S/C4H6O2S/c5-4-6-2-1-3-7-4/h1-3H2. The molecule has 0 amide bonds. The zero-order chi connectivity index (χ0) is 5.11. The van der Waals surface area contributed by atoms with Crippen molar-refractivity contribution in [3.63, 3.8) is 0 Å². The van der Waals surface area contributed by atoms with Crippen molar-refractivity contribution in [2.75, 3.05) is 12.4 Å². The molecule has 2 nitrogen and oxygen atoms in total. The number of hydrogen-bond acceptors (Lipinski definition) is 3. The summed E-state index contributed by atoms with van der Waals surface area (Å²) in [4.78, 5) is 10.2. The van der Waals surface area contributed by atoms with Gasteiger partial charge in [-0.25, -0.2) is 4.79 Å². The molecule has 0 radical (unpaired) electrons. The maximum atomic E-state index is 10.2. The molecule has 1 heterocycles. The van der Waals surface area contributed by atoms with Gasteiger partial charge in [0.25, 0.3) is 0 Å². The van der Waals surface area contributed by atoms with E-state index in [2.05, 4.69) is 4.74 Å². The number of carbonyl (C=O) groups excluding carboxylic acids is 1. The third kappa shape index (κ3) is 1.39. The van der Waals surface area contributed by atoms with Crippen LogP contribution in [-0.4, -0.2) is 17.7 Å². The van der Waals surface area contributed by atoms with Gasteiger partial charge in [-0.05, 0) is 18.2 Å². The number of cyclic esters (lactones) is 1. The van der Waals surface area contributed by atoms with Gasteiger partial charge >= 0.3 is 5.30 Å².